The van der Waals surface area contributed by atoms with Gasteiger partial charge in [-0.15, -0.1) is 0 Å². The summed E-state index contributed by atoms with van der Waals surface area (Å²) in [5.74, 6) is 1.92. The molecule has 2 aromatic carbocycles. The third kappa shape index (κ3) is 2.72. The molecule has 0 radical (unpaired) electrons. The summed E-state index contributed by atoms with van der Waals surface area (Å²) in [5, 5.41) is 5.05. The van der Waals surface area contributed by atoms with Gasteiger partial charge >= 0.3 is 0 Å². The van der Waals surface area contributed by atoms with Gasteiger partial charge in [-0.05, 0) is 55.0 Å². The summed E-state index contributed by atoms with van der Waals surface area (Å²) in [6, 6.07) is 17.3. The zero-order valence-electron chi connectivity index (χ0n) is 13.0. The topological polar surface area (TPSA) is 51.0 Å². The fraction of sp³-hybridized carbons (Fsp3) is 0.0526. The van der Waals surface area contributed by atoms with E-state index in [4.69, 9.17) is 16.0 Å². The van der Waals surface area contributed by atoms with E-state index in [0.29, 0.717) is 16.6 Å². The SMILES string of the molecule is Cc1cc(Cl)ccc1Nc1nc(-c2ccco2)nc2ccccc12. The summed E-state index contributed by atoms with van der Waals surface area (Å²) in [6.45, 7) is 2.00. The Morgan fingerprint density at radius 1 is 1.00 bits per heavy atom. The summed E-state index contributed by atoms with van der Waals surface area (Å²) in [5.41, 5.74) is 2.85. The normalized spacial score (nSPS) is 10.9. The Bertz CT molecular complexity index is 1010. The molecule has 0 amide bonds. The third-order valence-corrected chi connectivity index (χ3v) is 4.02. The van der Waals surface area contributed by atoms with E-state index in [1.807, 2.05) is 61.5 Å². The molecule has 0 bridgehead atoms. The van der Waals surface area contributed by atoms with Gasteiger partial charge in [-0.3, -0.25) is 0 Å². The Hall–Kier alpha value is -2.85. The molecule has 0 aliphatic rings. The number of anilines is 2. The lowest BCUT2D eigenvalue weighted by atomic mass is 10.2. The molecule has 5 heteroatoms. The van der Waals surface area contributed by atoms with Crippen molar-refractivity contribution >= 4 is 34.0 Å². The van der Waals surface area contributed by atoms with Crippen LogP contribution in [-0.2, 0) is 0 Å². The largest absolute Gasteiger partial charge is 0.461 e. The molecule has 0 atom stereocenters. The van der Waals surface area contributed by atoms with Gasteiger partial charge < -0.3 is 9.73 Å². The number of fused-ring (bicyclic) bond motifs is 1. The predicted octanol–water partition coefficient (Wildman–Crippen LogP) is 5.60. The first-order valence-corrected chi connectivity index (χ1v) is 7.92. The summed E-state index contributed by atoms with van der Waals surface area (Å²) in [4.78, 5) is 9.24. The Kier molecular flexibility index (Phi) is 3.67. The first-order chi connectivity index (χ1) is 11.7. The maximum absolute atomic E-state index is 6.04. The van der Waals surface area contributed by atoms with E-state index in [0.717, 1.165) is 28.0 Å². The van der Waals surface area contributed by atoms with Crippen LogP contribution in [0.2, 0.25) is 5.02 Å². The molecule has 118 valence electrons. The second-order valence-corrected chi connectivity index (χ2v) is 5.91. The molecule has 2 heterocycles. The van der Waals surface area contributed by atoms with E-state index in [9.17, 15) is 0 Å². The van der Waals surface area contributed by atoms with Crippen molar-refractivity contribution in [1.29, 1.82) is 0 Å². The first kappa shape index (κ1) is 14.7. The molecule has 24 heavy (non-hydrogen) atoms. The Labute approximate surface area is 144 Å². The van der Waals surface area contributed by atoms with Gasteiger partial charge in [-0.2, -0.15) is 0 Å². The first-order valence-electron chi connectivity index (χ1n) is 7.54. The van der Waals surface area contributed by atoms with Gasteiger partial charge in [0.1, 0.15) is 5.82 Å². The van der Waals surface area contributed by atoms with Gasteiger partial charge in [0.25, 0.3) is 0 Å². The highest BCUT2D eigenvalue weighted by Crippen LogP contribution is 2.29. The molecule has 0 unspecified atom stereocenters. The highest BCUT2D eigenvalue weighted by molar-refractivity contribution is 6.30. The lowest BCUT2D eigenvalue weighted by molar-refractivity contribution is 0.577. The molecule has 0 fully saturated rings. The van der Waals surface area contributed by atoms with Crippen molar-refractivity contribution in [3.8, 4) is 11.6 Å². The van der Waals surface area contributed by atoms with Crippen molar-refractivity contribution in [2.75, 3.05) is 5.32 Å². The monoisotopic (exact) mass is 335 g/mol. The zero-order valence-corrected chi connectivity index (χ0v) is 13.7. The van der Waals surface area contributed by atoms with Crippen molar-refractivity contribution < 1.29 is 4.42 Å². The van der Waals surface area contributed by atoms with E-state index < -0.39 is 0 Å². The van der Waals surface area contributed by atoms with Crippen LogP contribution in [0.3, 0.4) is 0 Å². The molecule has 1 N–H and O–H groups in total. The Morgan fingerprint density at radius 3 is 2.67 bits per heavy atom. The second-order valence-electron chi connectivity index (χ2n) is 5.47. The Balaban J connectivity index is 1.86. The number of furan rings is 1. The average Bonchev–Trinajstić information content (AvgIpc) is 3.12. The van der Waals surface area contributed by atoms with E-state index in [-0.39, 0.29) is 0 Å². The van der Waals surface area contributed by atoms with Crippen LogP contribution in [0.4, 0.5) is 11.5 Å². The number of nitrogens with one attached hydrogen (secondary N) is 1. The second kappa shape index (κ2) is 5.98. The quantitative estimate of drug-likeness (QED) is 0.529. The summed E-state index contributed by atoms with van der Waals surface area (Å²) in [6.07, 6.45) is 1.62. The van der Waals surface area contributed by atoms with Gasteiger partial charge in [-0.25, -0.2) is 9.97 Å². The molecule has 0 saturated carbocycles. The van der Waals surface area contributed by atoms with Gasteiger partial charge in [-0.1, -0.05) is 23.7 Å². The van der Waals surface area contributed by atoms with Gasteiger partial charge in [0.05, 0.1) is 11.8 Å². The minimum Gasteiger partial charge on any atom is -0.461 e. The van der Waals surface area contributed by atoms with Crippen molar-refractivity contribution in [1.82, 2.24) is 9.97 Å². The number of benzene rings is 2. The Morgan fingerprint density at radius 2 is 1.88 bits per heavy atom. The van der Waals surface area contributed by atoms with E-state index in [1.54, 1.807) is 6.26 Å². The van der Waals surface area contributed by atoms with Crippen LogP contribution in [0.1, 0.15) is 5.56 Å². The van der Waals surface area contributed by atoms with Crippen molar-refractivity contribution in [2.45, 2.75) is 6.92 Å². The molecule has 0 aliphatic heterocycles. The molecule has 4 rings (SSSR count). The molecular weight excluding hydrogens is 322 g/mol. The summed E-state index contributed by atoms with van der Waals surface area (Å²) < 4.78 is 5.44. The number of aromatic nitrogens is 2. The molecule has 4 nitrogen and oxygen atoms in total. The standard InChI is InChI=1S/C19H14ClN3O/c1-12-11-13(20)8-9-15(12)21-18-14-5-2-3-6-16(14)22-19(23-18)17-7-4-10-24-17/h2-11H,1H3,(H,21,22,23). The number of halogens is 1. The highest BCUT2D eigenvalue weighted by atomic mass is 35.5. The predicted molar refractivity (Wildman–Crippen MR) is 96.7 cm³/mol. The fourth-order valence-corrected chi connectivity index (χ4v) is 2.81. The average molecular weight is 336 g/mol. The molecule has 4 aromatic rings. The van der Waals surface area contributed by atoms with Crippen LogP contribution in [0.25, 0.3) is 22.5 Å². The summed E-state index contributed by atoms with van der Waals surface area (Å²) in [7, 11) is 0. The van der Waals surface area contributed by atoms with Crippen molar-refractivity contribution in [3.05, 3.63) is 71.4 Å². The smallest absolute Gasteiger partial charge is 0.198 e. The maximum Gasteiger partial charge on any atom is 0.198 e. The van der Waals surface area contributed by atoms with Crippen LogP contribution < -0.4 is 5.32 Å². The number of hydrogen-bond acceptors (Lipinski definition) is 4. The minimum absolute atomic E-state index is 0.549. The summed E-state index contributed by atoms with van der Waals surface area (Å²) >= 11 is 6.04. The molecule has 0 aliphatic carbocycles. The van der Waals surface area contributed by atoms with Crippen LogP contribution in [-0.4, -0.2) is 9.97 Å². The van der Waals surface area contributed by atoms with Crippen LogP contribution in [0, 0.1) is 6.92 Å². The van der Waals surface area contributed by atoms with Crippen LogP contribution in [0.5, 0.6) is 0 Å². The van der Waals surface area contributed by atoms with Gasteiger partial charge in [0.2, 0.25) is 0 Å². The maximum atomic E-state index is 6.04. The zero-order chi connectivity index (χ0) is 16.5. The van der Waals surface area contributed by atoms with E-state index in [2.05, 4.69) is 15.3 Å². The lowest BCUT2D eigenvalue weighted by Gasteiger charge is -2.12. The number of rotatable bonds is 3. The highest BCUT2D eigenvalue weighted by Gasteiger charge is 2.12. The van der Waals surface area contributed by atoms with E-state index >= 15 is 0 Å². The van der Waals surface area contributed by atoms with Gasteiger partial charge in [0.15, 0.2) is 11.6 Å². The fourth-order valence-electron chi connectivity index (χ4n) is 2.58. The number of nitrogens with zero attached hydrogens (tertiary/aromatic N) is 2. The van der Waals surface area contributed by atoms with Crippen LogP contribution in [0.15, 0.2) is 65.3 Å². The van der Waals surface area contributed by atoms with Crippen molar-refractivity contribution in [2.24, 2.45) is 0 Å². The lowest BCUT2D eigenvalue weighted by Crippen LogP contribution is -2.00. The molecular formula is C19H14ClN3O. The molecule has 0 spiro atoms. The number of aryl methyl sites for hydroxylation is 1. The molecule has 0 saturated heterocycles. The number of hydrogen-bond donors (Lipinski definition) is 1. The molecule has 2 aromatic heterocycles. The minimum atomic E-state index is 0.549. The van der Waals surface area contributed by atoms with Gasteiger partial charge in [0, 0.05) is 16.1 Å². The van der Waals surface area contributed by atoms with Crippen LogP contribution >= 0.6 is 11.6 Å². The number of para-hydroxylation sites is 1. The van der Waals surface area contributed by atoms with Crippen molar-refractivity contribution in [3.63, 3.8) is 0 Å². The van der Waals surface area contributed by atoms with E-state index in [1.165, 1.54) is 0 Å². The third-order valence-electron chi connectivity index (χ3n) is 3.79.